The maximum Gasteiger partial charge on any atom is 0.121 e. The molecule has 0 saturated carbocycles. The molecule has 4 heteroatoms. The molecule has 92 valence electrons. The number of nitrogens with two attached hydrogens (primary N) is 1. The van der Waals surface area contributed by atoms with Crippen LogP contribution >= 0.6 is 28.3 Å². The van der Waals surface area contributed by atoms with E-state index in [9.17, 15) is 5.11 Å². The number of aromatic hydroxyl groups is 1. The largest absolute Gasteiger partial charge is 0.508 e. The standard InChI is InChI=1S/C12H18BrNO.ClH/c1-2-3-4-5-11(14)10-7-6-9(13)8-12(10)15;/h6-8,11,15H,2-5,14H2,1H3;1H/t11-;/m0./s1. The summed E-state index contributed by atoms with van der Waals surface area (Å²) >= 11 is 3.31. The number of halogens is 2. The van der Waals surface area contributed by atoms with Crippen LogP contribution < -0.4 is 5.73 Å². The summed E-state index contributed by atoms with van der Waals surface area (Å²) in [6.07, 6.45) is 4.44. The first-order chi connectivity index (χ1) is 7.15. The van der Waals surface area contributed by atoms with Crippen LogP contribution in [0.4, 0.5) is 0 Å². The fourth-order valence-corrected chi connectivity index (χ4v) is 1.95. The van der Waals surface area contributed by atoms with E-state index in [1.54, 1.807) is 6.07 Å². The molecule has 2 nitrogen and oxygen atoms in total. The summed E-state index contributed by atoms with van der Waals surface area (Å²) in [5.41, 5.74) is 6.85. The van der Waals surface area contributed by atoms with Crippen molar-refractivity contribution in [2.45, 2.75) is 38.6 Å². The van der Waals surface area contributed by atoms with Gasteiger partial charge >= 0.3 is 0 Å². The van der Waals surface area contributed by atoms with Gasteiger partial charge in [-0.25, -0.2) is 0 Å². The Morgan fingerprint density at radius 2 is 2.06 bits per heavy atom. The summed E-state index contributed by atoms with van der Waals surface area (Å²) in [6.45, 7) is 2.17. The van der Waals surface area contributed by atoms with Gasteiger partial charge in [0.05, 0.1) is 0 Å². The van der Waals surface area contributed by atoms with Gasteiger partial charge in [-0.1, -0.05) is 48.2 Å². The van der Waals surface area contributed by atoms with Gasteiger partial charge in [0.1, 0.15) is 5.75 Å². The number of phenols is 1. The maximum absolute atomic E-state index is 9.71. The molecule has 0 amide bonds. The van der Waals surface area contributed by atoms with Crippen LogP contribution in [0.1, 0.15) is 44.2 Å². The highest BCUT2D eigenvalue weighted by molar-refractivity contribution is 9.10. The quantitative estimate of drug-likeness (QED) is 0.802. The van der Waals surface area contributed by atoms with Crippen LogP contribution in [0.5, 0.6) is 5.75 Å². The van der Waals surface area contributed by atoms with Crippen LogP contribution in [0.25, 0.3) is 0 Å². The van der Waals surface area contributed by atoms with Gasteiger partial charge in [-0.15, -0.1) is 12.4 Å². The van der Waals surface area contributed by atoms with Crippen LogP contribution in [-0.4, -0.2) is 5.11 Å². The summed E-state index contributed by atoms with van der Waals surface area (Å²) in [6, 6.07) is 5.43. The normalized spacial score (nSPS) is 11.9. The van der Waals surface area contributed by atoms with Crippen molar-refractivity contribution >= 4 is 28.3 Å². The predicted molar refractivity (Wildman–Crippen MR) is 74.1 cm³/mol. The smallest absolute Gasteiger partial charge is 0.121 e. The lowest BCUT2D eigenvalue weighted by Crippen LogP contribution is -2.10. The lowest BCUT2D eigenvalue weighted by Gasteiger charge is -2.13. The van der Waals surface area contributed by atoms with Crippen LogP contribution in [0.2, 0.25) is 0 Å². The number of hydrogen-bond acceptors (Lipinski definition) is 2. The summed E-state index contributed by atoms with van der Waals surface area (Å²) in [4.78, 5) is 0. The van der Waals surface area contributed by atoms with Gasteiger partial charge in [0.2, 0.25) is 0 Å². The van der Waals surface area contributed by atoms with Crippen molar-refractivity contribution in [2.75, 3.05) is 0 Å². The molecule has 16 heavy (non-hydrogen) atoms. The number of phenolic OH excluding ortho intramolecular Hbond substituents is 1. The average molecular weight is 309 g/mol. The van der Waals surface area contributed by atoms with Gasteiger partial charge in [-0.2, -0.15) is 0 Å². The third-order valence-electron chi connectivity index (χ3n) is 2.51. The first-order valence-electron chi connectivity index (χ1n) is 5.39. The second-order valence-electron chi connectivity index (χ2n) is 3.81. The lowest BCUT2D eigenvalue weighted by atomic mass is 10.0. The van der Waals surface area contributed by atoms with Crippen LogP contribution in [0.15, 0.2) is 22.7 Å². The number of hydrogen-bond donors (Lipinski definition) is 2. The second kappa shape index (κ2) is 7.93. The van der Waals surface area contributed by atoms with E-state index in [1.165, 1.54) is 12.8 Å². The highest BCUT2D eigenvalue weighted by atomic mass is 79.9. The van der Waals surface area contributed by atoms with Gasteiger partial charge in [0.25, 0.3) is 0 Å². The predicted octanol–water partition coefficient (Wildman–Crippen LogP) is 4.16. The first-order valence-corrected chi connectivity index (χ1v) is 6.18. The second-order valence-corrected chi connectivity index (χ2v) is 4.72. The van der Waals surface area contributed by atoms with Crippen molar-refractivity contribution in [1.82, 2.24) is 0 Å². The molecule has 0 fully saturated rings. The van der Waals surface area contributed by atoms with Crippen LogP contribution in [-0.2, 0) is 0 Å². The van der Waals surface area contributed by atoms with Crippen molar-refractivity contribution in [1.29, 1.82) is 0 Å². The third-order valence-corrected chi connectivity index (χ3v) is 3.00. The molecule has 1 rings (SSSR count). The highest BCUT2D eigenvalue weighted by Gasteiger charge is 2.10. The molecule has 1 aromatic rings. The van der Waals surface area contributed by atoms with E-state index in [-0.39, 0.29) is 24.2 Å². The fraction of sp³-hybridized carbons (Fsp3) is 0.500. The van der Waals surface area contributed by atoms with Crippen molar-refractivity contribution in [3.05, 3.63) is 28.2 Å². The summed E-state index contributed by atoms with van der Waals surface area (Å²) in [5, 5.41) is 9.71. The van der Waals surface area contributed by atoms with Gasteiger partial charge in [-0.3, -0.25) is 0 Å². The average Bonchev–Trinajstić information content (AvgIpc) is 2.17. The SMILES string of the molecule is CCCCC[C@H](N)c1ccc(Br)cc1O.Cl. The van der Waals surface area contributed by atoms with Crippen molar-refractivity contribution in [2.24, 2.45) is 5.73 Å². The molecule has 0 spiro atoms. The summed E-state index contributed by atoms with van der Waals surface area (Å²) < 4.78 is 0.879. The lowest BCUT2D eigenvalue weighted by molar-refractivity contribution is 0.455. The molecule has 3 N–H and O–H groups in total. The number of benzene rings is 1. The zero-order valence-electron chi connectivity index (χ0n) is 9.45. The first kappa shape index (κ1) is 15.8. The minimum absolute atomic E-state index is 0. The molecule has 1 atom stereocenters. The van der Waals surface area contributed by atoms with Crippen LogP contribution in [0.3, 0.4) is 0 Å². The molecular formula is C12H19BrClNO. The molecule has 0 bridgehead atoms. The Hall–Kier alpha value is -0.250. The summed E-state index contributed by atoms with van der Waals surface area (Å²) in [7, 11) is 0. The summed E-state index contributed by atoms with van der Waals surface area (Å²) in [5.74, 6) is 0.286. The maximum atomic E-state index is 9.71. The number of rotatable bonds is 5. The topological polar surface area (TPSA) is 46.2 Å². The van der Waals surface area contributed by atoms with E-state index >= 15 is 0 Å². The molecule has 0 aromatic heterocycles. The molecule has 0 unspecified atom stereocenters. The Balaban J connectivity index is 0.00000225. The molecule has 0 aliphatic rings. The molecule has 1 aromatic carbocycles. The van der Waals surface area contributed by atoms with Crippen molar-refractivity contribution in [3.8, 4) is 5.75 Å². The Morgan fingerprint density at radius 1 is 1.38 bits per heavy atom. The minimum Gasteiger partial charge on any atom is -0.508 e. The highest BCUT2D eigenvalue weighted by Crippen LogP contribution is 2.28. The Morgan fingerprint density at radius 3 is 2.62 bits per heavy atom. The Bertz CT molecular complexity index is 320. The van der Waals surface area contributed by atoms with Gasteiger partial charge in [0.15, 0.2) is 0 Å². The Labute approximate surface area is 112 Å². The fourth-order valence-electron chi connectivity index (χ4n) is 1.60. The molecular weight excluding hydrogens is 289 g/mol. The monoisotopic (exact) mass is 307 g/mol. The minimum atomic E-state index is -0.0513. The van der Waals surface area contributed by atoms with E-state index in [1.807, 2.05) is 12.1 Å². The van der Waals surface area contributed by atoms with E-state index in [0.29, 0.717) is 0 Å². The molecule has 0 heterocycles. The van der Waals surface area contributed by atoms with Crippen LogP contribution in [0, 0.1) is 0 Å². The van der Waals surface area contributed by atoms with Gasteiger partial charge in [-0.05, 0) is 18.6 Å². The van der Waals surface area contributed by atoms with E-state index in [4.69, 9.17) is 5.73 Å². The molecule has 0 saturated heterocycles. The van der Waals surface area contributed by atoms with Crippen molar-refractivity contribution in [3.63, 3.8) is 0 Å². The van der Waals surface area contributed by atoms with Gasteiger partial charge < -0.3 is 10.8 Å². The third kappa shape index (κ3) is 4.73. The Kier molecular flexibility index (Phi) is 7.81. The van der Waals surface area contributed by atoms with Crippen molar-refractivity contribution < 1.29 is 5.11 Å². The molecule has 0 radical (unpaired) electrons. The van der Waals surface area contributed by atoms with E-state index in [2.05, 4.69) is 22.9 Å². The van der Waals surface area contributed by atoms with E-state index in [0.717, 1.165) is 22.9 Å². The molecule has 0 aliphatic heterocycles. The van der Waals surface area contributed by atoms with E-state index < -0.39 is 0 Å². The van der Waals surface area contributed by atoms with Gasteiger partial charge in [0, 0.05) is 16.1 Å². The molecule has 0 aliphatic carbocycles. The zero-order chi connectivity index (χ0) is 11.3. The number of unbranched alkanes of at least 4 members (excludes halogenated alkanes) is 2. The zero-order valence-corrected chi connectivity index (χ0v) is 11.9.